The zero-order valence-corrected chi connectivity index (χ0v) is 16.5. The van der Waals surface area contributed by atoms with Crippen LogP contribution in [0.25, 0.3) is 0 Å². The van der Waals surface area contributed by atoms with E-state index < -0.39 is 0 Å². The fourth-order valence-corrected chi connectivity index (χ4v) is 3.76. The molecule has 0 spiro atoms. The van der Waals surface area contributed by atoms with Crippen molar-refractivity contribution < 1.29 is 14.3 Å². The SMILES string of the molecule is O=C(Cn1cc(CN2CCOCC2)nn1)NC1CCOc2ccc(Br)cc21. The summed E-state index contributed by atoms with van der Waals surface area (Å²) in [5.41, 5.74) is 1.86. The monoisotopic (exact) mass is 435 g/mol. The van der Waals surface area contributed by atoms with Crippen LogP contribution in [0.15, 0.2) is 28.9 Å². The third-order valence-corrected chi connectivity index (χ3v) is 5.22. The van der Waals surface area contributed by atoms with Crippen molar-refractivity contribution in [2.45, 2.75) is 25.6 Å². The summed E-state index contributed by atoms with van der Waals surface area (Å²) < 4.78 is 13.6. The van der Waals surface area contributed by atoms with Gasteiger partial charge in [-0.2, -0.15) is 0 Å². The molecule has 3 heterocycles. The van der Waals surface area contributed by atoms with Crippen molar-refractivity contribution in [1.29, 1.82) is 0 Å². The lowest BCUT2D eigenvalue weighted by atomic mass is 10.0. The normalized spacial score (nSPS) is 20.0. The molecule has 0 bridgehead atoms. The molecule has 1 fully saturated rings. The number of rotatable bonds is 5. The molecule has 4 rings (SSSR count). The van der Waals surface area contributed by atoms with Gasteiger partial charge in [-0.25, -0.2) is 4.68 Å². The van der Waals surface area contributed by atoms with Gasteiger partial charge in [-0.15, -0.1) is 5.10 Å². The number of aromatic nitrogens is 3. The summed E-state index contributed by atoms with van der Waals surface area (Å²) in [4.78, 5) is 14.8. The quantitative estimate of drug-likeness (QED) is 0.766. The average molecular weight is 436 g/mol. The number of morpholine rings is 1. The Hall–Kier alpha value is -1.97. The van der Waals surface area contributed by atoms with Gasteiger partial charge in [0, 0.05) is 36.1 Å². The Kier molecular flexibility index (Phi) is 5.70. The Morgan fingerprint density at radius 3 is 3.00 bits per heavy atom. The van der Waals surface area contributed by atoms with Gasteiger partial charge in [0.05, 0.1) is 37.8 Å². The molecule has 2 aliphatic rings. The van der Waals surface area contributed by atoms with Gasteiger partial charge in [-0.05, 0) is 18.2 Å². The summed E-state index contributed by atoms with van der Waals surface area (Å²) in [6, 6.07) is 5.80. The van der Waals surface area contributed by atoms with Crippen molar-refractivity contribution in [1.82, 2.24) is 25.2 Å². The molecule has 1 saturated heterocycles. The Labute approximate surface area is 165 Å². The van der Waals surface area contributed by atoms with E-state index in [1.54, 1.807) is 4.68 Å². The topological polar surface area (TPSA) is 81.5 Å². The highest BCUT2D eigenvalue weighted by Gasteiger charge is 2.23. The lowest BCUT2D eigenvalue weighted by Gasteiger charge is -2.27. The van der Waals surface area contributed by atoms with Gasteiger partial charge in [0.15, 0.2) is 0 Å². The highest BCUT2D eigenvalue weighted by Crippen LogP contribution is 2.34. The van der Waals surface area contributed by atoms with Gasteiger partial charge in [0.1, 0.15) is 12.3 Å². The van der Waals surface area contributed by atoms with Gasteiger partial charge >= 0.3 is 0 Å². The molecule has 2 aromatic rings. The number of hydrogen-bond donors (Lipinski definition) is 1. The van der Waals surface area contributed by atoms with E-state index in [0.717, 1.165) is 60.7 Å². The van der Waals surface area contributed by atoms with Crippen LogP contribution in [0.4, 0.5) is 0 Å². The van der Waals surface area contributed by atoms with E-state index in [1.165, 1.54) is 0 Å². The number of carbonyl (C=O) groups is 1. The summed E-state index contributed by atoms with van der Waals surface area (Å²) >= 11 is 3.48. The second kappa shape index (κ2) is 8.37. The van der Waals surface area contributed by atoms with Crippen LogP contribution in [-0.4, -0.2) is 58.7 Å². The number of hydrogen-bond acceptors (Lipinski definition) is 6. The lowest BCUT2D eigenvalue weighted by molar-refractivity contribution is -0.122. The van der Waals surface area contributed by atoms with E-state index in [-0.39, 0.29) is 18.5 Å². The first-order valence-corrected chi connectivity index (χ1v) is 9.87. The number of amides is 1. The highest BCUT2D eigenvalue weighted by atomic mass is 79.9. The van der Waals surface area contributed by atoms with Crippen LogP contribution in [0.3, 0.4) is 0 Å². The van der Waals surface area contributed by atoms with Gasteiger partial charge in [-0.1, -0.05) is 21.1 Å². The number of nitrogens with one attached hydrogen (secondary N) is 1. The Morgan fingerprint density at radius 2 is 2.15 bits per heavy atom. The largest absolute Gasteiger partial charge is 0.493 e. The second-order valence-electron chi connectivity index (χ2n) is 6.74. The number of halogens is 1. The minimum atomic E-state index is -0.0874. The molecule has 1 unspecified atom stereocenters. The molecule has 1 aromatic heterocycles. The van der Waals surface area contributed by atoms with E-state index in [9.17, 15) is 4.79 Å². The van der Waals surface area contributed by atoms with E-state index >= 15 is 0 Å². The van der Waals surface area contributed by atoms with Crippen LogP contribution in [0, 0.1) is 0 Å². The van der Waals surface area contributed by atoms with Crippen LogP contribution in [0.2, 0.25) is 0 Å². The fraction of sp³-hybridized carbons (Fsp3) is 0.500. The molecular formula is C18H22BrN5O3. The van der Waals surface area contributed by atoms with Crippen LogP contribution >= 0.6 is 15.9 Å². The molecule has 8 nitrogen and oxygen atoms in total. The molecule has 9 heteroatoms. The van der Waals surface area contributed by atoms with E-state index in [2.05, 4.69) is 36.5 Å². The van der Waals surface area contributed by atoms with Crippen molar-refractivity contribution in [3.05, 3.63) is 40.1 Å². The Bertz CT molecular complexity index is 806. The van der Waals surface area contributed by atoms with Crippen molar-refractivity contribution in [2.24, 2.45) is 0 Å². The van der Waals surface area contributed by atoms with Crippen molar-refractivity contribution in [2.75, 3.05) is 32.9 Å². The highest BCUT2D eigenvalue weighted by molar-refractivity contribution is 9.10. The lowest BCUT2D eigenvalue weighted by Crippen LogP contribution is -2.35. The molecule has 1 N–H and O–H groups in total. The summed E-state index contributed by atoms with van der Waals surface area (Å²) in [5.74, 6) is 0.735. The maximum atomic E-state index is 12.5. The predicted octanol–water partition coefficient (Wildman–Crippen LogP) is 1.51. The van der Waals surface area contributed by atoms with Gasteiger partial charge < -0.3 is 14.8 Å². The second-order valence-corrected chi connectivity index (χ2v) is 7.65. The number of nitrogens with zero attached hydrogens (tertiary/aromatic N) is 4. The van der Waals surface area contributed by atoms with E-state index in [1.807, 2.05) is 24.4 Å². The van der Waals surface area contributed by atoms with Crippen LogP contribution in [0.5, 0.6) is 5.75 Å². The van der Waals surface area contributed by atoms with Crippen LogP contribution in [-0.2, 0) is 22.6 Å². The molecule has 0 radical (unpaired) electrons. The van der Waals surface area contributed by atoms with Gasteiger partial charge in [-0.3, -0.25) is 9.69 Å². The summed E-state index contributed by atoms with van der Waals surface area (Å²) in [6.45, 7) is 4.76. The molecular weight excluding hydrogens is 414 g/mol. The molecule has 2 aliphatic heterocycles. The van der Waals surface area contributed by atoms with Crippen molar-refractivity contribution in [3.8, 4) is 5.75 Å². The van der Waals surface area contributed by atoms with E-state index in [0.29, 0.717) is 6.61 Å². The molecule has 27 heavy (non-hydrogen) atoms. The number of benzene rings is 1. The molecule has 0 saturated carbocycles. The zero-order valence-electron chi connectivity index (χ0n) is 14.9. The molecule has 1 amide bonds. The summed E-state index contributed by atoms with van der Waals surface area (Å²) in [5, 5.41) is 11.4. The minimum Gasteiger partial charge on any atom is -0.493 e. The summed E-state index contributed by atoms with van der Waals surface area (Å²) in [7, 11) is 0. The maximum Gasteiger partial charge on any atom is 0.242 e. The first-order chi connectivity index (χ1) is 13.2. The standard InChI is InChI=1S/C18H22BrN5O3/c19-13-1-2-17-15(9-13)16(3-6-27-17)20-18(25)12-24-11-14(21-22-24)10-23-4-7-26-8-5-23/h1-2,9,11,16H,3-8,10,12H2,(H,20,25). The molecule has 0 aliphatic carbocycles. The predicted molar refractivity (Wildman–Crippen MR) is 101 cm³/mol. The number of fused-ring (bicyclic) bond motifs is 1. The smallest absolute Gasteiger partial charge is 0.242 e. The summed E-state index contributed by atoms with van der Waals surface area (Å²) in [6.07, 6.45) is 2.58. The molecule has 144 valence electrons. The average Bonchev–Trinajstić information content (AvgIpc) is 3.09. The number of ether oxygens (including phenoxy) is 2. The van der Waals surface area contributed by atoms with E-state index in [4.69, 9.17) is 9.47 Å². The maximum absolute atomic E-state index is 12.5. The Morgan fingerprint density at radius 1 is 1.30 bits per heavy atom. The first-order valence-electron chi connectivity index (χ1n) is 9.08. The third-order valence-electron chi connectivity index (χ3n) is 4.73. The van der Waals surface area contributed by atoms with Gasteiger partial charge in [0.2, 0.25) is 5.91 Å². The van der Waals surface area contributed by atoms with Gasteiger partial charge in [0.25, 0.3) is 0 Å². The van der Waals surface area contributed by atoms with Crippen LogP contribution in [0.1, 0.15) is 23.7 Å². The first kappa shape index (κ1) is 18.4. The fourth-order valence-electron chi connectivity index (χ4n) is 3.38. The van der Waals surface area contributed by atoms with Crippen LogP contribution < -0.4 is 10.1 Å². The number of carbonyl (C=O) groups excluding carboxylic acids is 1. The molecule has 1 atom stereocenters. The minimum absolute atomic E-state index is 0.0601. The van der Waals surface area contributed by atoms with Crippen molar-refractivity contribution >= 4 is 21.8 Å². The zero-order chi connectivity index (χ0) is 18.6. The Balaban J connectivity index is 1.34. The third kappa shape index (κ3) is 4.66. The molecule has 1 aromatic carbocycles. The van der Waals surface area contributed by atoms with Crippen molar-refractivity contribution in [3.63, 3.8) is 0 Å².